The number of carbonyl (C=O) groups excluding carboxylic acids is 2. The van der Waals surface area contributed by atoms with Gasteiger partial charge in [0.1, 0.15) is 6.04 Å². The lowest BCUT2D eigenvalue weighted by Gasteiger charge is -2.33. The SMILES string of the molecule is C[C@H]1C(=O)O[C@H](C(C)(C)C)N1C(=O)c1ccccc1. The van der Waals surface area contributed by atoms with E-state index in [0.29, 0.717) is 5.56 Å². The first-order valence-electron chi connectivity index (χ1n) is 6.40. The van der Waals surface area contributed by atoms with Crippen LogP contribution >= 0.6 is 0 Å². The van der Waals surface area contributed by atoms with Gasteiger partial charge in [0.05, 0.1) is 0 Å². The highest BCUT2D eigenvalue weighted by Gasteiger charge is 2.47. The highest BCUT2D eigenvalue weighted by Crippen LogP contribution is 2.33. The van der Waals surface area contributed by atoms with Crippen LogP contribution in [0.1, 0.15) is 38.1 Å². The van der Waals surface area contributed by atoms with Gasteiger partial charge in [-0.15, -0.1) is 0 Å². The molecular formula is C15H19NO3. The summed E-state index contributed by atoms with van der Waals surface area (Å²) in [7, 11) is 0. The second-order valence-electron chi connectivity index (χ2n) is 5.91. The number of amides is 1. The fourth-order valence-corrected chi connectivity index (χ4v) is 2.19. The number of hydrogen-bond donors (Lipinski definition) is 0. The van der Waals surface area contributed by atoms with Crippen LogP contribution in [-0.2, 0) is 9.53 Å². The van der Waals surface area contributed by atoms with Crippen molar-refractivity contribution in [3.05, 3.63) is 35.9 Å². The number of rotatable bonds is 1. The molecule has 1 aromatic rings. The standard InChI is InChI=1S/C15H19NO3/c1-10-13(18)19-14(15(2,3)4)16(10)12(17)11-8-6-5-7-9-11/h5-10,14H,1-4H3/t10-,14+/m0/s1. The number of hydrogen-bond acceptors (Lipinski definition) is 3. The molecule has 4 nitrogen and oxygen atoms in total. The van der Waals surface area contributed by atoms with E-state index in [1.165, 1.54) is 4.90 Å². The van der Waals surface area contributed by atoms with Crippen LogP contribution in [0.25, 0.3) is 0 Å². The van der Waals surface area contributed by atoms with E-state index in [4.69, 9.17) is 4.74 Å². The Bertz CT molecular complexity index is 490. The molecule has 2 atom stereocenters. The lowest BCUT2D eigenvalue weighted by atomic mass is 9.93. The first-order valence-corrected chi connectivity index (χ1v) is 6.40. The van der Waals surface area contributed by atoms with E-state index >= 15 is 0 Å². The number of esters is 1. The normalized spacial score (nSPS) is 23.4. The predicted molar refractivity (Wildman–Crippen MR) is 71.4 cm³/mol. The summed E-state index contributed by atoms with van der Waals surface area (Å²) in [5, 5.41) is 0. The molecule has 1 amide bonds. The Morgan fingerprint density at radius 3 is 2.32 bits per heavy atom. The molecule has 0 N–H and O–H groups in total. The second kappa shape index (κ2) is 4.68. The zero-order valence-electron chi connectivity index (χ0n) is 11.7. The maximum atomic E-state index is 12.6. The van der Waals surface area contributed by atoms with Gasteiger partial charge < -0.3 is 4.74 Å². The third-order valence-electron chi connectivity index (χ3n) is 3.23. The minimum atomic E-state index is -0.545. The summed E-state index contributed by atoms with van der Waals surface area (Å²) in [4.78, 5) is 25.9. The highest BCUT2D eigenvalue weighted by atomic mass is 16.6. The average Bonchev–Trinajstić information content (AvgIpc) is 2.66. The van der Waals surface area contributed by atoms with Gasteiger partial charge in [0.25, 0.3) is 5.91 Å². The molecule has 1 fully saturated rings. The third-order valence-corrected chi connectivity index (χ3v) is 3.23. The van der Waals surface area contributed by atoms with Crippen LogP contribution in [0.15, 0.2) is 30.3 Å². The second-order valence-corrected chi connectivity index (χ2v) is 5.91. The molecule has 1 heterocycles. The summed E-state index contributed by atoms with van der Waals surface area (Å²) in [5.41, 5.74) is 0.257. The van der Waals surface area contributed by atoms with Crippen molar-refractivity contribution in [3.8, 4) is 0 Å². The summed E-state index contributed by atoms with van der Waals surface area (Å²) < 4.78 is 5.36. The van der Waals surface area contributed by atoms with Gasteiger partial charge in [0.2, 0.25) is 0 Å². The molecule has 0 bridgehead atoms. The van der Waals surface area contributed by atoms with Gasteiger partial charge in [-0.3, -0.25) is 9.69 Å². The van der Waals surface area contributed by atoms with Crippen molar-refractivity contribution in [1.82, 2.24) is 4.90 Å². The van der Waals surface area contributed by atoms with Crippen LogP contribution in [0.4, 0.5) is 0 Å². The van der Waals surface area contributed by atoms with Crippen molar-refractivity contribution >= 4 is 11.9 Å². The fraction of sp³-hybridized carbons (Fsp3) is 0.467. The molecule has 1 aliphatic rings. The maximum absolute atomic E-state index is 12.6. The van der Waals surface area contributed by atoms with Gasteiger partial charge in [-0.25, -0.2) is 4.79 Å². The van der Waals surface area contributed by atoms with Crippen LogP contribution in [0, 0.1) is 5.41 Å². The van der Waals surface area contributed by atoms with Gasteiger partial charge in [-0.1, -0.05) is 39.0 Å². The Morgan fingerprint density at radius 2 is 1.79 bits per heavy atom. The Balaban J connectivity index is 2.35. The quantitative estimate of drug-likeness (QED) is 0.729. The molecular weight excluding hydrogens is 242 g/mol. The van der Waals surface area contributed by atoms with E-state index in [1.54, 1.807) is 19.1 Å². The Morgan fingerprint density at radius 1 is 1.21 bits per heavy atom. The number of nitrogens with zero attached hydrogens (tertiary/aromatic N) is 1. The van der Waals surface area contributed by atoms with Gasteiger partial charge in [-0.2, -0.15) is 0 Å². The number of cyclic esters (lactones) is 1. The molecule has 0 aliphatic carbocycles. The van der Waals surface area contributed by atoms with Crippen molar-refractivity contribution in [1.29, 1.82) is 0 Å². The van der Waals surface area contributed by atoms with E-state index in [9.17, 15) is 9.59 Å². The van der Waals surface area contributed by atoms with Crippen molar-refractivity contribution in [2.75, 3.05) is 0 Å². The lowest BCUT2D eigenvalue weighted by molar-refractivity contribution is -0.147. The van der Waals surface area contributed by atoms with Gasteiger partial charge in [0.15, 0.2) is 6.23 Å². The molecule has 1 saturated heterocycles. The summed E-state index contributed by atoms with van der Waals surface area (Å²) >= 11 is 0. The summed E-state index contributed by atoms with van der Waals surface area (Å²) in [6.07, 6.45) is -0.525. The van der Waals surface area contributed by atoms with Crippen LogP contribution in [0.3, 0.4) is 0 Å². The lowest BCUT2D eigenvalue weighted by Crippen LogP contribution is -2.46. The minimum absolute atomic E-state index is 0.168. The molecule has 19 heavy (non-hydrogen) atoms. The molecule has 4 heteroatoms. The Hall–Kier alpha value is -1.84. The van der Waals surface area contributed by atoms with Gasteiger partial charge in [-0.05, 0) is 19.1 Å². The van der Waals surface area contributed by atoms with Gasteiger partial charge in [0, 0.05) is 11.0 Å². The van der Waals surface area contributed by atoms with E-state index in [0.717, 1.165) is 0 Å². The van der Waals surface area contributed by atoms with E-state index in [1.807, 2.05) is 39.0 Å². The molecule has 0 radical (unpaired) electrons. The average molecular weight is 261 g/mol. The number of benzene rings is 1. The Labute approximate surface area is 113 Å². The van der Waals surface area contributed by atoms with Crippen molar-refractivity contribution in [2.45, 2.75) is 40.0 Å². The molecule has 1 aromatic carbocycles. The van der Waals surface area contributed by atoms with Crippen molar-refractivity contribution in [3.63, 3.8) is 0 Å². The van der Waals surface area contributed by atoms with Crippen LogP contribution in [0.2, 0.25) is 0 Å². The van der Waals surface area contributed by atoms with Crippen molar-refractivity contribution in [2.24, 2.45) is 5.41 Å². The number of carbonyl (C=O) groups is 2. The van der Waals surface area contributed by atoms with Crippen LogP contribution in [-0.4, -0.2) is 29.0 Å². The topological polar surface area (TPSA) is 46.6 Å². The largest absolute Gasteiger partial charge is 0.439 e. The van der Waals surface area contributed by atoms with Crippen LogP contribution < -0.4 is 0 Å². The first kappa shape index (κ1) is 13.6. The summed E-state index contributed by atoms with van der Waals surface area (Å²) in [6, 6.07) is 8.42. The number of ether oxygens (including phenoxy) is 1. The van der Waals surface area contributed by atoms with E-state index in [2.05, 4.69) is 0 Å². The molecule has 0 unspecified atom stereocenters. The Kier molecular flexibility index (Phi) is 3.35. The summed E-state index contributed by atoms with van der Waals surface area (Å²) in [5.74, 6) is -0.511. The zero-order valence-corrected chi connectivity index (χ0v) is 11.7. The van der Waals surface area contributed by atoms with E-state index in [-0.39, 0.29) is 17.3 Å². The molecule has 1 aliphatic heterocycles. The highest BCUT2D eigenvalue weighted by molar-refractivity contribution is 5.98. The molecule has 102 valence electrons. The molecule has 0 aromatic heterocycles. The van der Waals surface area contributed by atoms with E-state index < -0.39 is 12.3 Å². The third kappa shape index (κ3) is 2.48. The van der Waals surface area contributed by atoms with Gasteiger partial charge >= 0.3 is 5.97 Å². The minimum Gasteiger partial charge on any atom is -0.439 e. The monoisotopic (exact) mass is 261 g/mol. The molecule has 0 spiro atoms. The summed E-state index contributed by atoms with van der Waals surface area (Å²) in [6.45, 7) is 7.56. The predicted octanol–water partition coefficient (Wildman–Crippen LogP) is 2.45. The molecule has 2 rings (SSSR count). The van der Waals surface area contributed by atoms with Crippen molar-refractivity contribution < 1.29 is 14.3 Å². The fourth-order valence-electron chi connectivity index (χ4n) is 2.19. The zero-order chi connectivity index (χ0) is 14.2. The molecule has 0 saturated carbocycles. The smallest absolute Gasteiger partial charge is 0.330 e. The first-order chi connectivity index (χ1) is 8.82. The maximum Gasteiger partial charge on any atom is 0.330 e. The van der Waals surface area contributed by atoms with Crippen LogP contribution in [0.5, 0.6) is 0 Å².